The number of carbonyl (C=O) groups is 1. The van der Waals surface area contributed by atoms with Gasteiger partial charge >= 0.3 is 0 Å². The molecule has 1 aromatic carbocycles. The molecule has 29 heavy (non-hydrogen) atoms. The van der Waals surface area contributed by atoms with Gasteiger partial charge in [0.25, 0.3) is 5.91 Å². The molecule has 0 bridgehead atoms. The molecule has 3 rings (SSSR count). The van der Waals surface area contributed by atoms with Crippen molar-refractivity contribution in [3.63, 3.8) is 0 Å². The first-order chi connectivity index (χ1) is 14.0. The number of benzene rings is 1. The molecule has 152 valence electrons. The van der Waals surface area contributed by atoms with E-state index in [0.717, 1.165) is 35.5 Å². The van der Waals surface area contributed by atoms with Gasteiger partial charge in [0.1, 0.15) is 5.69 Å². The number of rotatable bonds is 8. The smallest absolute Gasteiger partial charge is 0.271 e. The number of aromatic nitrogens is 2. The molecule has 0 saturated carbocycles. The van der Waals surface area contributed by atoms with E-state index in [1.54, 1.807) is 24.1 Å². The topological polar surface area (TPSA) is 60.1 Å². The predicted molar refractivity (Wildman–Crippen MR) is 117 cm³/mol. The Morgan fingerprint density at radius 3 is 2.86 bits per heavy atom. The van der Waals surface area contributed by atoms with Gasteiger partial charge in [-0.25, -0.2) is 0 Å². The van der Waals surface area contributed by atoms with Crippen molar-refractivity contribution in [2.45, 2.75) is 33.1 Å². The molecule has 6 heteroatoms. The number of hydrogen-bond acceptors (Lipinski definition) is 3. The second kappa shape index (κ2) is 9.61. The molecule has 0 unspecified atom stereocenters. The number of carbonyl (C=O) groups excluding carboxylic acids is 1. The van der Waals surface area contributed by atoms with E-state index in [0.29, 0.717) is 18.0 Å². The van der Waals surface area contributed by atoms with Crippen LogP contribution in [0.25, 0.3) is 17.0 Å². The second-order valence-corrected chi connectivity index (χ2v) is 7.44. The maximum atomic E-state index is 12.6. The van der Waals surface area contributed by atoms with Crippen LogP contribution in [0.4, 0.5) is 0 Å². The summed E-state index contributed by atoms with van der Waals surface area (Å²) in [4.78, 5) is 12.6. The zero-order valence-corrected chi connectivity index (χ0v) is 17.8. The maximum Gasteiger partial charge on any atom is 0.271 e. The molecule has 0 aliphatic carbocycles. The van der Waals surface area contributed by atoms with Gasteiger partial charge in [0.2, 0.25) is 0 Å². The van der Waals surface area contributed by atoms with Crippen LogP contribution in [-0.2, 0) is 7.05 Å². The third kappa shape index (κ3) is 5.18. The van der Waals surface area contributed by atoms with Gasteiger partial charge in [-0.1, -0.05) is 37.1 Å². The summed E-state index contributed by atoms with van der Waals surface area (Å²) in [6.45, 7) is 4.75. The lowest BCUT2D eigenvalue weighted by molar-refractivity contribution is 0.0949. The van der Waals surface area contributed by atoms with Crippen LogP contribution in [-0.4, -0.2) is 22.2 Å². The number of aryl methyl sites for hydroxylation is 2. The van der Waals surface area contributed by atoms with Gasteiger partial charge in [-0.05, 0) is 60.7 Å². The summed E-state index contributed by atoms with van der Waals surface area (Å²) in [6.07, 6.45) is 6.62. The number of allylic oxidation sites excluding steroid dienone is 1. The minimum absolute atomic E-state index is 0.198. The number of nitrogens with one attached hydrogen (secondary N) is 1. The van der Waals surface area contributed by atoms with Crippen LogP contribution in [0.1, 0.15) is 47.8 Å². The quantitative estimate of drug-likeness (QED) is 0.521. The van der Waals surface area contributed by atoms with E-state index in [-0.39, 0.29) is 5.91 Å². The molecule has 3 aromatic rings. The van der Waals surface area contributed by atoms with Gasteiger partial charge in [0, 0.05) is 24.7 Å². The first-order valence-electron chi connectivity index (χ1n) is 9.81. The van der Waals surface area contributed by atoms with Crippen molar-refractivity contribution < 1.29 is 9.21 Å². The molecule has 0 spiro atoms. The standard InChI is InChI=1S/C23H26ClN3O2/c1-4-5-7-17(19-14-18(24)10-9-16(19)2)11-12-25-23(28)20-15-21(27(3)26-20)22-8-6-13-29-22/h6-10,13-15H,4-5,11-12H2,1-3H3,(H,25,28)/b17-7-. The Morgan fingerprint density at radius 1 is 1.31 bits per heavy atom. The molecular formula is C23H26ClN3O2. The van der Waals surface area contributed by atoms with Crippen LogP contribution in [0, 0.1) is 6.92 Å². The van der Waals surface area contributed by atoms with Crippen molar-refractivity contribution in [3.05, 3.63) is 70.6 Å². The van der Waals surface area contributed by atoms with E-state index < -0.39 is 0 Å². The summed E-state index contributed by atoms with van der Waals surface area (Å²) in [5, 5.41) is 8.01. The van der Waals surface area contributed by atoms with Crippen LogP contribution in [0.3, 0.4) is 0 Å². The van der Waals surface area contributed by atoms with E-state index in [1.165, 1.54) is 11.1 Å². The van der Waals surface area contributed by atoms with Crippen molar-refractivity contribution in [2.75, 3.05) is 6.54 Å². The first-order valence-corrected chi connectivity index (χ1v) is 10.2. The summed E-state index contributed by atoms with van der Waals surface area (Å²) >= 11 is 6.20. The molecule has 1 N–H and O–H groups in total. The molecule has 0 aliphatic rings. The van der Waals surface area contributed by atoms with E-state index >= 15 is 0 Å². The normalized spacial score (nSPS) is 11.7. The van der Waals surface area contributed by atoms with Crippen molar-refractivity contribution in [1.29, 1.82) is 0 Å². The van der Waals surface area contributed by atoms with Crippen molar-refractivity contribution in [1.82, 2.24) is 15.1 Å². The van der Waals surface area contributed by atoms with Gasteiger partial charge in [0.05, 0.1) is 6.26 Å². The first kappa shape index (κ1) is 20.9. The van der Waals surface area contributed by atoms with Crippen LogP contribution < -0.4 is 5.32 Å². The fraction of sp³-hybridized carbons (Fsp3) is 0.304. The van der Waals surface area contributed by atoms with Gasteiger partial charge in [-0.3, -0.25) is 9.48 Å². The minimum atomic E-state index is -0.198. The van der Waals surface area contributed by atoms with Crippen molar-refractivity contribution in [2.24, 2.45) is 7.05 Å². The number of amides is 1. The second-order valence-electron chi connectivity index (χ2n) is 7.00. The molecule has 0 saturated heterocycles. The summed E-state index contributed by atoms with van der Waals surface area (Å²) in [6, 6.07) is 11.3. The third-order valence-electron chi connectivity index (χ3n) is 4.79. The van der Waals surface area contributed by atoms with Crippen LogP contribution in [0.15, 0.2) is 53.2 Å². The van der Waals surface area contributed by atoms with Crippen LogP contribution >= 0.6 is 11.6 Å². The van der Waals surface area contributed by atoms with E-state index in [4.69, 9.17) is 16.0 Å². The highest BCUT2D eigenvalue weighted by atomic mass is 35.5. The highest BCUT2D eigenvalue weighted by molar-refractivity contribution is 6.30. The highest BCUT2D eigenvalue weighted by Gasteiger charge is 2.15. The Bertz CT molecular complexity index is 1000. The molecule has 0 aliphatic heterocycles. The molecule has 2 aromatic heterocycles. The van der Waals surface area contributed by atoms with E-state index in [2.05, 4.69) is 30.3 Å². The summed E-state index contributed by atoms with van der Waals surface area (Å²) in [5.74, 6) is 0.483. The molecule has 2 heterocycles. The number of nitrogens with zero attached hydrogens (tertiary/aromatic N) is 2. The third-order valence-corrected chi connectivity index (χ3v) is 5.03. The zero-order chi connectivity index (χ0) is 20.8. The maximum absolute atomic E-state index is 12.6. The summed E-state index contributed by atoms with van der Waals surface area (Å²) in [5.41, 5.74) is 4.65. The fourth-order valence-corrected chi connectivity index (χ4v) is 3.41. The summed E-state index contributed by atoms with van der Waals surface area (Å²) < 4.78 is 7.05. The van der Waals surface area contributed by atoms with E-state index in [1.807, 2.05) is 30.3 Å². The molecule has 0 fully saturated rings. The number of unbranched alkanes of at least 4 members (excludes halogenated alkanes) is 1. The lowest BCUT2D eigenvalue weighted by atomic mass is 9.96. The molecular weight excluding hydrogens is 386 g/mol. The highest BCUT2D eigenvalue weighted by Crippen LogP contribution is 2.26. The van der Waals surface area contributed by atoms with Gasteiger partial charge in [0.15, 0.2) is 11.5 Å². The Kier molecular flexibility index (Phi) is 6.94. The largest absolute Gasteiger partial charge is 0.463 e. The van der Waals surface area contributed by atoms with E-state index in [9.17, 15) is 4.79 Å². The lowest BCUT2D eigenvalue weighted by Crippen LogP contribution is -2.25. The van der Waals surface area contributed by atoms with Crippen molar-refractivity contribution in [3.8, 4) is 11.5 Å². The molecule has 5 nitrogen and oxygen atoms in total. The Balaban J connectivity index is 1.67. The van der Waals surface area contributed by atoms with Gasteiger partial charge in [-0.15, -0.1) is 0 Å². The predicted octanol–water partition coefficient (Wildman–Crippen LogP) is 5.65. The minimum Gasteiger partial charge on any atom is -0.463 e. The number of hydrogen-bond donors (Lipinski definition) is 1. The average Bonchev–Trinajstić information content (AvgIpc) is 3.36. The van der Waals surface area contributed by atoms with Gasteiger partial charge < -0.3 is 9.73 Å². The zero-order valence-electron chi connectivity index (χ0n) is 17.0. The number of furan rings is 1. The Morgan fingerprint density at radius 2 is 2.14 bits per heavy atom. The molecule has 0 radical (unpaired) electrons. The van der Waals surface area contributed by atoms with Crippen LogP contribution in [0.2, 0.25) is 5.02 Å². The summed E-state index contributed by atoms with van der Waals surface area (Å²) in [7, 11) is 1.79. The number of halogens is 1. The SMILES string of the molecule is CCC/C=C(/CCNC(=O)c1cc(-c2ccco2)n(C)n1)c1cc(Cl)ccc1C. The lowest BCUT2D eigenvalue weighted by Gasteiger charge is -2.12. The Labute approximate surface area is 176 Å². The monoisotopic (exact) mass is 411 g/mol. The van der Waals surface area contributed by atoms with Gasteiger partial charge in [-0.2, -0.15) is 5.10 Å². The average molecular weight is 412 g/mol. The molecule has 1 amide bonds. The Hall–Kier alpha value is -2.79. The fourth-order valence-electron chi connectivity index (χ4n) is 3.24. The molecule has 0 atom stereocenters. The van der Waals surface area contributed by atoms with Crippen LogP contribution in [0.5, 0.6) is 0 Å². The van der Waals surface area contributed by atoms with Crippen molar-refractivity contribution >= 4 is 23.1 Å².